The third-order valence-electron chi connectivity index (χ3n) is 6.43. The lowest BCUT2D eigenvalue weighted by atomic mass is 10.0. The lowest BCUT2D eigenvalue weighted by Gasteiger charge is -2.26. The smallest absolute Gasteiger partial charge is 0.339 e. The molecule has 0 amide bonds. The summed E-state index contributed by atoms with van der Waals surface area (Å²) in [5.41, 5.74) is -2.02. The van der Waals surface area contributed by atoms with E-state index in [1.54, 1.807) is 13.8 Å². The summed E-state index contributed by atoms with van der Waals surface area (Å²) in [6.07, 6.45) is 0.495. The van der Waals surface area contributed by atoms with Gasteiger partial charge in [0.15, 0.2) is 0 Å². The maximum atomic E-state index is 12.7. The topological polar surface area (TPSA) is 217 Å². The number of hydrogen-bond acceptors (Lipinski definition) is 10. The number of nitrogens with zero attached hydrogens (tertiary/aromatic N) is 1. The van der Waals surface area contributed by atoms with Gasteiger partial charge in [0.25, 0.3) is 0 Å². The Balaban J connectivity index is -0.00000506. The van der Waals surface area contributed by atoms with E-state index in [-0.39, 0.29) is 58.5 Å². The fourth-order valence-electron chi connectivity index (χ4n) is 4.22. The molecule has 2 rings (SSSR count). The Hall–Kier alpha value is -4.82. The lowest BCUT2D eigenvalue weighted by molar-refractivity contribution is 0.0240. The minimum absolute atomic E-state index is 0. The van der Waals surface area contributed by atoms with Gasteiger partial charge in [-0.15, -0.1) is 0 Å². The van der Waals surface area contributed by atoms with Crippen LogP contribution in [0.5, 0.6) is 0 Å². The van der Waals surface area contributed by atoms with Crippen LogP contribution in [0.1, 0.15) is 125 Å². The molecule has 2 aromatic carbocycles. The van der Waals surface area contributed by atoms with E-state index in [2.05, 4.69) is 5.32 Å². The predicted molar refractivity (Wildman–Crippen MR) is 182 cm³/mol. The van der Waals surface area contributed by atoms with Gasteiger partial charge < -0.3 is 35.2 Å². The first-order chi connectivity index (χ1) is 20.7. The highest BCUT2D eigenvalue weighted by molar-refractivity contribution is 6.05. The summed E-state index contributed by atoms with van der Waals surface area (Å²) in [5.74, 6) is -7.37. The van der Waals surface area contributed by atoms with Crippen molar-refractivity contribution in [2.45, 2.75) is 75.5 Å². The van der Waals surface area contributed by atoms with E-state index >= 15 is 0 Å². The third-order valence-corrected chi connectivity index (χ3v) is 6.43. The summed E-state index contributed by atoms with van der Waals surface area (Å²) in [6.45, 7) is 7.52. The summed E-state index contributed by atoms with van der Waals surface area (Å²) in [4.78, 5) is 72.8. The Labute approximate surface area is 282 Å². The minimum Gasteiger partial charge on any atom is -0.478 e. The number of rotatable bonds is 18. The van der Waals surface area contributed by atoms with Gasteiger partial charge in [0, 0.05) is 26.2 Å². The molecule has 14 nitrogen and oxygen atoms in total. The molecule has 0 bridgehead atoms. The Kier molecular flexibility index (Phi) is 22.5. The summed E-state index contributed by atoms with van der Waals surface area (Å²) in [6, 6.07) is 6.27. The van der Waals surface area contributed by atoms with Crippen LogP contribution in [-0.2, 0) is 9.47 Å². The zero-order valence-corrected chi connectivity index (χ0v) is 24.6. The van der Waals surface area contributed by atoms with Gasteiger partial charge in [-0.25, -0.2) is 28.8 Å². The Morgan fingerprint density at radius 1 is 0.667 bits per heavy atom. The number of unbranched alkanes of at least 4 members (excludes halogenated alkanes) is 1. The molecule has 0 saturated heterocycles. The average molecular weight is 681 g/mol. The van der Waals surface area contributed by atoms with Crippen molar-refractivity contribution in [2.75, 3.05) is 32.7 Å². The molecule has 2 unspecified atom stereocenters. The summed E-state index contributed by atoms with van der Waals surface area (Å²) < 4.78 is 10.8. The molecule has 270 valence electrons. The number of aromatic carboxylic acids is 4. The first-order valence-electron chi connectivity index (χ1n) is 13.8. The molecule has 0 spiro atoms. The highest BCUT2D eigenvalue weighted by atomic mass is 16.5. The van der Waals surface area contributed by atoms with E-state index in [1.165, 1.54) is 0 Å². The monoisotopic (exact) mass is 680 g/mol. The number of esters is 2. The van der Waals surface area contributed by atoms with Gasteiger partial charge in [-0.05, 0) is 63.2 Å². The second-order valence-electron chi connectivity index (χ2n) is 10.0. The Bertz CT molecular complexity index is 1390. The first kappa shape index (κ1) is 47.6. The van der Waals surface area contributed by atoms with Gasteiger partial charge in [-0.1, -0.05) is 43.1 Å². The lowest BCUT2D eigenvalue weighted by Crippen LogP contribution is -2.40. The number of benzene rings is 2. The number of carbonyl (C=O) groups is 6. The van der Waals surface area contributed by atoms with Crippen molar-refractivity contribution < 1.29 is 58.7 Å². The molecule has 48 heavy (non-hydrogen) atoms. The number of carboxylic acids is 4. The number of nitrogens with one attached hydrogen (secondary N) is 1. The molecule has 0 aromatic heterocycles. The molecule has 0 radical (unpaired) electrons. The third kappa shape index (κ3) is 14.3. The van der Waals surface area contributed by atoms with Crippen molar-refractivity contribution >= 4 is 35.8 Å². The second-order valence-corrected chi connectivity index (χ2v) is 10.0. The van der Waals surface area contributed by atoms with Crippen molar-refractivity contribution in [3.63, 3.8) is 0 Å². The number of hydrogen-bond donors (Lipinski definition) is 5. The van der Waals surface area contributed by atoms with Gasteiger partial charge in [0.05, 0.1) is 33.4 Å². The second kappa shape index (κ2) is 22.7. The van der Waals surface area contributed by atoms with Crippen LogP contribution in [0.4, 0.5) is 0 Å². The van der Waals surface area contributed by atoms with Gasteiger partial charge in [-0.3, -0.25) is 4.90 Å². The number of carboxylic acid groups (broad SMARTS) is 4. The highest BCUT2D eigenvalue weighted by Gasteiger charge is 2.24. The van der Waals surface area contributed by atoms with Crippen LogP contribution in [0.25, 0.3) is 0 Å². The van der Waals surface area contributed by atoms with Crippen LogP contribution < -0.4 is 5.32 Å². The largest absolute Gasteiger partial charge is 0.478 e. The molecule has 14 heteroatoms. The summed E-state index contributed by atoms with van der Waals surface area (Å²) >= 11 is 0. The normalized spacial score (nSPS) is 11.2. The minimum atomic E-state index is -1.46. The zero-order chi connectivity index (χ0) is 33.0. The molecular weight excluding hydrogens is 628 g/mol. The van der Waals surface area contributed by atoms with E-state index in [0.29, 0.717) is 26.2 Å². The molecule has 0 saturated carbocycles. The Morgan fingerprint density at radius 3 is 1.50 bits per heavy atom. The van der Waals surface area contributed by atoms with Crippen molar-refractivity contribution in [1.82, 2.24) is 10.2 Å². The molecule has 5 N–H and O–H groups in total. The number of ether oxygens (including phenoxy) is 2. The zero-order valence-electron chi connectivity index (χ0n) is 24.6. The van der Waals surface area contributed by atoms with Crippen molar-refractivity contribution in [3.8, 4) is 0 Å². The standard InChI is InChI=1S/C30H36N2O12.4CH4/c1-4-5-11-32(16-18(3)44-30(42)22-9-7-20(26(35)36)14-24(22)28(39)40)12-10-31-15-17(2)43-29(41)21-8-6-19(25(33)34)13-23(21)27(37)38;;;;/h6-9,13-14,17-18,31H,4-5,10-12,15-16H2,1-3H3,(H,33,34)(H,35,36)(H,37,38)(H,39,40);4*1H4. The molecular formula is C34H52N2O12. The SMILES string of the molecule is C.C.C.C.CCCCN(CCNCC(C)OC(=O)c1ccc(C(=O)O)cc1C(=O)O)CC(C)OC(=O)c1ccc(C(=O)O)cc1C(=O)O. The summed E-state index contributed by atoms with van der Waals surface area (Å²) in [7, 11) is 0. The first-order valence-corrected chi connectivity index (χ1v) is 13.8. The molecule has 2 aromatic rings. The van der Waals surface area contributed by atoms with Crippen LogP contribution in [-0.4, -0.2) is 106 Å². The van der Waals surface area contributed by atoms with Crippen LogP contribution >= 0.6 is 0 Å². The van der Waals surface area contributed by atoms with E-state index in [9.17, 15) is 39.0 Å². The van der Waals surface area contributed by atoms with Crippen LogP contribution in [0.3, 0.4) is 0 Å². The van der Waals surface area contributed by atoms with Gasteiger partial charge in [-0.2, -0.15) is 0 Å². The predicted octanol–water partition coefficient (Wildman–Crippen LogP) is 5.51. The number of carbonyl (C=O) groups excluding carboxylic acids is 2. The van der Waals surface area contributed by atoms with Crippen LogP contribution in [0, 0.1) is 0 Å². The van der Waals surface area contributed by atoms with Gasteiger partial charge in [0.1, 0.15) is 12.2 Å². The van der Waals surface area contributed by atoms with Crippen molar-refractivity contribution in [2.24, 2.45) is 0 Å². The average Bonchev–Trinajstić information content (AvgIpc) is 2.96. The highest BCUT2D eigenvalue weighted by Crippen LogP contribution is 2.17. The molecule has 0 aliphatic heterocycles. The van der Waals surface area contributed by atoms with Crippen molar-refractivity contribution in [1.29, 1.82) is 0 Å². The van der Waals surface area contributed by atoms with E-state index in [0.717, 1.165) is 49.2 Å². The molecule has 2 atom stereocenters. The molecule has 0 fully saturated rings. The van der Waals surface area contributed by atoms with Crippen molar-refractivity contribution in [3.05, 3.63) is 69.8 Å². The molecule has 0 aliphatic rings. The Morgan fingerprint density at radius 2 is 1.10 bits per heavy atom. The van der Waals surface area contributed by atoms with Gasteiger partial charge in [0.2, 0.25) is 0 Å². The van der Waals surface area contributed by atoms with Crippen LogP contribution in [0.2, 0.25) is 0 Å². The fourth-order valence-corrected chi connectivity index (χ4v) is 4.22. The van der Waals surface area contributed by atoms with Crippen LogP contribution in [0.15, 0.2) is 36.4 Å². The maximum Gasteiger partial charge on any atom is 0.339 e. The van der Waals surface area contributed by atoms with Gasteiger partial charge >= 0.3 is 35.8 Å². The molecule has 0 aliphatic carbocycles. The quantitative estimate of drug-likeness (QED) is 0.0970. The maximum absolute atomic E-state index is 12.7. The fraction of sp³-hybridized carbons (Fsp3) is 0.471. The summed E-state index contributed by atoms with van der Waals surface area (Å²) in [5, 5.41) is 40.2. The van der Waals surface area contributed by atoms with E-state index in [1.807, 2.05) is 11.8 Å². The molecule has 0 heterocycles. The van der Waals surface area contributed by atoms with E-state index in [4.69, 9.17) is 19.7 Å². The van der Waals surface area contributed by atoms with E-state index < -0.39 is 59.2 Å².